The molecule has 1 aliphatic heterocycles. The van der Waals surface area contributed by atoms with Gasteiger partial charge in [-0.3, -0.25) is 4.90 Å². The number of hydrogen-bond donors (Lipinski definition) is 1. The van der Waals surface area contributed by atoms with Crippen LogP contribution in [0, 0.1) is 11.8 Å². The van der Waals surface area contributed by atoms with E-state index in [-0.39, 0.29) is 6.10 Å². The average Bonchev–Trinajstić information content (AvgIpc) is 2.01. The lowest BCUT2D eigenvalue weighted by Crippen LogP contribution is -2.38. The first-order valence-corrected chi connectivity index (χ1v) is 4.13. The van der Waals surface area contributed by atoms with Crippen molar-refractivity contribution in [1.29, 1.82) is 0 Å². The highest BCUT2D eigenvalue weighted by Crippen LogP contribution is 2.08. The molecule has 0 spiro atoms. The summed E-state index contributed by atoms with van der Waals surface area (Å²) in [5.41, 5.74) is 0. The van der Waals surface area contributed by atoms with Crippen LogP contribution in [0.15, 0.2) is 0 Å². The third-order valence-electron chi connectivity index (χ3n) is 1.96. The van der Waals surface area contributed by atoms with E-state index in [1.165, 1.54) is 0 Å². The van der Waals surface area contributed by atoms with Gasteiger partial charge in [-0.25, -0.2) is 0 Å². The molecule has 11 heavy (non-hydrogen) atoms. The lowest BCUT2D eigenvalue weighted by atomic mass is 10.1. The van der Waals surface area contributed by atoms with E-state index in [0.717, 1.165) is 32.5 Å². The molecule has 62 valence electrons. The first-order chi connectivity index (χ1) is 5.33. The Morgan fingerprint density at radius 3 is 3.09 bits per heavy atom. The highest BCUT2D eigenvalue weighted by atomic mass is 16.3. The minimum absolute atomic E-state index is 0.123. The number of aliphatic hydroxyl groups is 1. The molecule has 0 radical (unpaired) electrons. The van der Waals surface area contributed by atoms with E-state index in [1.807, 2.05) is 6.92 Å². The maximum absolute atomic E-state index is 9.29. The monoisotopic (exact) mass is 153 g/mol. The molecule has 1 aliphatic rings. The van der Waals surface area contributed by atoms with Gasteiger partial charge >= 0.3 is 0 Å². The number of rotatable bonds is 1. The summed E-state index contributed by atoms with van der Waals surface area (Å²) in [7, 11) is 0. The van der Waals surface area contributed by atoms with E-state index < -0.39 is 0 Å². The lowest BCUT2D eigenvalue weighted by Gasteiger charge is -2.27. The third-order valence-corrected chi connectivity index (χ3v) is 1.96. The van der Waals surface area contributed by atoms with Gasteiger partial charge in [-0.1, -0.05) is 5.92 Å². The fraction of sp³-hybridized carbons (Fsp3) is 0.778. The zero-order valence-electron chi connectivity index (χ0n) is 7.01. The SMILES string of the molecule is CC#CCN1CCC[C@H](O)C1. The van der Waals surface area contributed by atoms with Crippen molar-refractivity contribution in [2.24, 2.45) is 0 Å². The zero-order valence-corrected chi connectivity index (χ0v) is 7.01. The van der Waals surface area contributed by atoms with Crippen LogP contribution in [-0.4, -0.2) is 35.7 Å². The van der Waals surface area contributed by atoms with Crippen LogP contribution < -0.4 is 0 Å². The van der Waals surface area contributed by atoms with Gasteiger partial charge in [0.25, 0.3) is 0 Å². The van der Waals surface area contributed by atoms with Gasteiger partial charge in [0.2, 0.25) is 0 Å². The largest absolute Gasteiger partial charge is 0.392 e. The highest BCUT2D eigenvalue weighted by molar-refractivity contribution is 4.98. The topological polar surface area (TPSA) is 23.5 Å². The number of hydrogen-bond acceptors (Lipinski definition) is 2. The summed E-state index contributed by atoms with van der Waals surface area (Å²) in [6.45, 7) is 4.55. The molecule has 0 aromatic carbocycles. The smallest absolute Gasteiger partial charge is 0.0668 e. The number of likely N-dealkylation sites (tertiary alicyclic amines) is 1. The second kappa shape index (κ2) is 4.38. The molecule has 1 saturated heterocycles. The van der Waals surface area contributed by atoms with Crippen molar-refractivity contribution in [2.45, 2.75) is 25.9 Å². The maximum atomic E-state index is 9.29. The van der Waals surface area contributed by atoms with E-state index in [9.17, 15) is 5.11 Å². The number of piperidine rings is 1. The van der Waals surface area contributed by atoms with E-state index in [1.54, 1.807) is 0 Å². The summed E-state index contributed by atoms with van der Waals surface area (Å²) in [6, 6.07) is 0. The Balaban J connectivity index is 2.26. The summed E-state index contributed by atoms with van der Waals surface area (Å²) in [6.07, 6.45) is 1.94. The van der Waals surface area contributed by atoms with Crippen LogP contribution in [0.25, 0.3) is 0 Å². The second-order valence-electron chi connectivity index (χ2n) is 2.96. The van der Waals surface area contributed by atoms with Gasteiger partial charge in [0.1, 0.15) is 0 Å². The fourth-order valence-corrected chi connectivity index (χ4v) is 1.37. The molecule has 0 aliphatic carbocycles. The summed E-state index contributed by atoms with van der Waals surface area (Å²) < 4.78 is 0. The predicted molar refractivity (Wildman–Crippen MR) is 45.1 cm³/mol. The second-order valence-corrected chi connectivity index (χ2v) is 2.96. The van der Waals surface area contributed by atoms with E-state index in [0.29, 0.717) is 0 Å². The third kappa shape index (κ3) is 2.92. The summed E-state index contributed by atoms with van der Waals surface area (Å²) >= 11 is 0. The standard InChI is InChI=1S/C9H15NO/c1-2-3-6-10-7-4-5-9(11)8-10/h9,11H,4-8H2,1H3/t9-/m0/s1. The molecule has 0 bridgehead atoms. The first-order valence-electron chi connectivity index (χ1n) is 4.13. The van der Waals surface area contributed by atoms with Gasteiger partial charge in [0.15, 0.2) is 0 Å². The number of aliphatic hydroxyl groups excluding tert-OH is 1. The molecule has 0 unspecified atom stereocenters. The van der Waals surface area contributed by atoms with Crippen molar-refractivity contribution < 1.29 is 5.11 Å². The van der Waals surface area contributed by atoms with Crippen molar-refractivity contribution >= 4 is 0 Å². The molecular weight excluding hydrogens is 138 g/mol. The molecule has 2 nitrogen and oxygen atoms in total. The van der Waals surface area contributed by atoms with E-state index >= 15 is 0 Å². The van der Waals surface area contributed by atoms with E-state index in [2.05, 4.69) is 16.7 Å². The molecule has 1 heterocycles. The van der Waals surface area contributed by atoms with Crippen molar-refractivity contribution in [3.05, 3.63) is 0 Å². The Morgan fingerprint density at radius 2 is 2.45 bits per heavy atom. The van der Waals surface area contributed by atoms with Crippen LogP contribution in [0.3, 0.4) is 0 Å². The van der Waals surface area contributed by atoms with Gasteiger partial charge in [-0.2, -0.15) is 0 Å². The van der Waals surface area contributed by atoms with Crippen LogP contribution in [0.2, 0.25) is 0 Å². The number of β-amino-alcohol motifs (C(OH)–C–C–N with tert-alkyl or cyclic N) is 1. The molecule has 0 aromatic heterocycles. The Bertz CT molecular complexity index is 168. The zero-order chi connectivity index (χ0) is 8.10. The Labute approximate surface area is 68.2 Å². The maximum Gasteiger partial charge on any atom is 0.0668 e. The fourth-order valence-electron chi connectivity index (χ4n) is 1.37. The molecule has 2 heteroatoms. The molecule has 0 saturated carbocycles. The molecule has 1 atom stereocenters. The quantitative estimate of drug-likeness (QED) is 0.553. The summed E-state index contributed by atoms with van der Waals surface area (Å²) in [4.78, 5) is 2.20. The number of nitrogens with zero attached hydrogens (tertiary/aromatic N) is 1. The first kappa shape index (κ1) is 8.58. The molecule has 1 rings (SSSR count). The van der Waals surface area contributed by atoms with Gasteiger partial charge in [-0.05, 0) is 26.3 Å². The van der Waals surface area contributed by atoms with Gasteiger partial charge in [-0.15, -0.1) is 5.92 Å². The summed E-state index contributed by atoms with van der Waals surface area (Å²) in [5, 5.41) is 9.29. The van der Waals surface area contributed by atoms with Crippen LogP contribution in [0.1, 0.15) is 19.8 Å². The molecule has 1 fully saturated rings. The molecule has 0 amide bonds. The van der Waals surface area contributed by atoms with Gasteiger partial charge < -0.3 is 5.11 Å². The minimum atomic E-state index is -0.123. The van der Waals surface area contributed by atoms with Crippen molar-refractivity contribution in [1.82, 2.24) is 4.90 Å². The Morgan fingerprint density at radius 1 is 1.64 bits per heavy atom. The average molecular weight is 153 g/mol. The predicted octanol–water partition coefficient (Wildman–Crippen LogP) is 0.466. The normalized spacial score (nSPS) is 25.8. The van der Waals surface area contributed by atoms with Crippen LogP contribution in [0.5, 0.6) is 0 Å². The van der Waals surface area contributed by atoms with Crippen molar-refractivity contribution in [2.75, 3.05) is 19.6 Å². The van der Waals surface area contributed by atoms with Crippen molar-refractivity contribution in [3.8, 4) is 11.8 Å². The lowest BCUT2D eigenvalue weighted by molar-refractivity contribution is 0.0781. The van der Waals surface area contributed by atoms with Crippen LogP contribution in [0.4, 0.5) is 0 Å². The molecule has 0 aromatic rings. The van der Waals surface area contributed by atoms with Crippen LogP contribution in [-0.2, 0) is 0 Å². The van der Waals surface area contributed by atoms with Crippen LogP contribution >= 0.6 is 0 Å². The van der Waals surface area contributed by atoms with Crippen molar-refractivity contribution in [3.63, 3.8) is 0 Å². The summed E-state index contributed by atoms with van der Waals surface area (Å²) in [5.74, 6) is 5.86. The Hall–Kier alpha value is -0.520. The van der Waals surface area contributed by atoms with E-state index in [4.69, 9.17) is 0 Å². The van der Waals surface area contributed by atoms with Gasteiger partial charge in [0.05, 0.1) is 12.6 Å². The highest BCUT2D eigenvalue weighted by Gasteiger charge is 2.15. The molecule has 1 N–H and O–H groups in total. The minimum Gasteiger partial charge on any atom is -0.392 e. The molecular formula is C9H15NO. The Kier molecular flexibility index (Phi) is 3.41. The van der Waals surface area contributed by atoms with Gasteiger partial charge in [0, 0.05) is 6.54 Å².